The van der Waals surface area contributed by atoms with E-state index in [1.165, 1.54) is 38.5 Å². The summed E-state index contributed by atoms with van der Waals surface area (Å²) in [6.45, 7) is 0. The van der Waals surface area contributed by atoms with Gasteiger partial charge in [0.15, 0.2) is 0 Å². The van der Waals surface area contributed by atoms with Crippen molar-refractivity contribution in [3.63, 3.8) is 0 Å². The molecule has 3 rings (SSSR count). The van der Waals surface area contributed by atoms with Crippen LogP contribution in [0, 0.1) is 5.92 Å². The Morgan fingerprint density at radius 1 is 1.00 bits per heavy atom. The molecule has 0 spiro atoms. The van der Waals surface area contributed by atoms with Crippen LogP contribution in [0.3, 0.4) is 0 Å². The Labute approximate surface area is 73.1 Å². The molecule has 0 heterocycles. The molecule has 2 heteroatoms. The summed E-state index contributed by atoms with van der Waals surface area (Å²) in [5.74, 6) is 1.05. The highest BCUT2D eigenvalue weighted by Gasteiger charge is 2.36. The summed E-state index contributed by atoms with van der Waals surface area (Å²) in [5.41, 5.74) is 6.38. The molecule has 0 unspecified atom stereocenters. The molecule has 3 aliphatic carbocycles. The molecular weight excluding hydrogens is 190 g/mol. The highest BCUT2D eigenvalue weighted by molar-refractivity contribution is 8.93. The highest BCUT2D eigenvalue weighted by Crippen LogP contribution is 2.42. The van der Waals surface area contributed by atoms with Crippen LogP contribution >= 0.6 is 17.0 Å². The van der Waals surface area contributed by atoms with Gasteiger partial charge in [0.25, 0.3) is 0 Å². The number of nitrogens with two attached hydrogens (primary N) is 1. The lowest BCUT2D eigenvalue weighted by Crippen LogP contribution is -2.47. The molecule has 0 aliphatic heterocycles. The zero-order valence-electron chi connectivity index (χ0n) is 6.31. The van der Waals surface area contributed by atoms with Crippen LogP contribution in [0.5, 0.6) is 0 Å². The first kappa shape index (κ1) is 8.54. The molecule has 2 bridgehead atoms. The Morgan fingerprint density at radius 2 is 1.40 bits per heavy atom. The van der Waals surface area contributed by atoms with Crippen LogP contribution < -0.4 is 5.73 Å². The molecule has 0 aromatic rings. The average Bonchev–Trinajstić information content (AvgIpc) is 1.90. The van der Waals surface area contributed by atoms with Gasteiger partial charge in [-0.3, -0.25) is 0 Å². The largest absolute Gasteiger partial charge is 0.325 e. The van der Waals surface area contributed by atoms with Crippen LogP contribution in [0.25, 0.3) is 0 Å². The van der Waals surface area contributed by atoms with Gasteiger partial charge in [-0.25, -0.2) is 0 Å². The fraction of sp³-hybridized carbons (Fsp3) is 1.00. The Morgan fingerprint density at radius 3 is 1.60 bits per heavy atom. The van der Waals surface area contributed by atoms with Gasteiger partial charge in [-0.1, -0.05) is 0 Å². The molecule has 60 valence electrons. The number of halogens is 1. The predicted molar refractivity (Wildman–Crippen MR) is 48.4 cm³/mol. The Balaban J connectivity index is 0.000000500. The third-order valence-electron chi connectivity index (χ3n) is 3.15. The summed E-state index contributed by atoms with van der Waals surface area (Å²) in [4.78, 5) is 0. The molecule has 0 aromatic heterocycles. The molecule has 1 nitrogen and oxygen atoms in total. The molecule has 10 heavy (non-hydrogen) atoms. The van der Waals surface area contributed by atoms with Crippen LogP contribution in [-0.2, 0) is 0 Å². The van der Waals surface area contributed by atoms with Gasteiger partial charge in [0.1, 0.15) is 0 Å². The van der Waals surface area contributed by atoms with E-state index in [0.29, 0.717) is 0 Å². The van der Waals surface area contributed by atoms with E-state index < -0.39 is 0 Å². The lowest BCUT2D eigenvalue weighted by Gasteiger charge is -2.43. The minimum absolute atomic E-state index is 0. The van der Waals surface area contributed by atoms with Crippen molar-refractivity contribution in [3.8, 4) is 0 Å². The Hall–Kier alpha value is 0.440. The monoisotopic (exact) mass is 205 g/mol. The van der Waals surface area contributed by atoms with Gasteiger partial charge in [0, 0.05) is 5.54 Å². The molecule has 0 saturated heterocycles. The van der Waals surface area contributed by atoms with Crippen LogP contribution in [0.1, 0.15) is 38.5 Å². The van der Waals surface area contributed by atoms with Gasteiger partial charge >= 0.3 is 0 Å². The molecule has 0 amide bonds. The molecular formula is C8H16BrN. The SMILES string of the molecule is Br.NC12CCC(CC1)CC2. The van der Waals surface area contributed by atoms with Gasteiger partial charge in [0.05, 0.1) is 0 Å². The van der Waals surface area contributed by atoms with Crippen LogP contribution in [0.4, 0.5) is 0 Å². The second-order valence-corrected chi connectivity index (χ2v) is 3.84. The quantitative estimate of drug-likeness (QED) is 0.646. The summed E-state index contributed by atoms with van der Waals surface area (Å²) >= 11 is 0. The van der Waals surface area contributed by atoms with Gasteiger partial charge in [-0.2, -0.15) is 0 Å². The summed E-state index contributed by atoms with van der Waals surface area (Å²) in [7, 11) is 0. The molecule has 0 radical (unpaired) electrons. The molecule has 3 aliphatic rings. The van der Waals surface area contributed by atoms with E-state index in [-0.39, 0.29) is 22.5 Å². The normalized spacial score (nSPS) is 44.7. The van der Waals surface area contributed by atoms with Crippen molar-refractivity contribution in [3.05, 3.63) is 0 Å². The fourth-order valence-electron chi connectivity index (χ4n) is 2.28. The number of fused-ring (bicyclic) bond motifs is 3. The summed E-state index contributed by atoms with van der Waals surface area (Å²) < 4.78 is 0. The van der Waals surface area contributed by atoms with E-state index in [9.17, 15) is 0 Å². The Bertz CT molecular complexity index is 103. The van der Waals surface area contributed by atoms with Crippen LogP contribution in [0.15, 0.2) is 0 Å². The van der Waals surface area contributed by atoms with E-state index in [0.717, 1.165) is 5.92 Å². The van der Waals surface area contributed by atoms with Crippen molar-refractivity contribution in [2.45, 2.75) is 44.1 Å². The fourth-order valence-corrected chi connectivity index (χ4v) is 2.28. The first-order valence-electron chi connectivity index (χ1n) is 4.07. The minimum Gasteiger partial charge on any atom is -0.325 e. The van der Waals surface area contributed by atoms with Crippen LogP contribution in [-0.4, -0.2) is 5.54 Å². The van der Waals surface area contributed by atoms with Crippen molar-refractivity contribution in [1.82, 2.24) is 0 Å². The Kier molecular flexibility index (Phi) is 2.41. The highest BCUT2D eigenvalue weighted by atomic mass is 79.9. The van der Waals surface area contributed by atoms with E-state index in [4.69, 9.17) is 5.73 Å². The van der Waals surface area contributed by atoms with Crippen molar-refractivity contribution in [2.75, 3.05) is 0 Å². The predicted octanol–water partition coefficient (Wildman–Crippen LogP) is 2.25. The smallest absolute Gasteiger partial charge is 0.0154 e. The molecule has 0 aromatic carbocycles. The van der Waals surface area contributed by atoms with Crippen molar-refractivity contribution < 1.29 is 0 Å². The number of hydrogen-bond acceptors (Lipinski definition) is 1. The zero-order chi connectivity index (χ0) is 6.32. The number of rotatable bonds is 0. The standard InChI is InChI=1S/C8H15N.BrH/c9-8-4-1-7(2-5-8)3-6-8;/h7H,1-6,9H2;1H. The number of hydrogen-bond donors (Lipinski definition) is 1. The topological polar surface area (TPSA) is 26.0 Å². The van der Waals surface area contributed by atoms with Gasteiger partial charge in [-0.05, 0) is 44.4 Å². The van der Waals surface area contributed by atoms with Gasteiger partial charge in [-0.15, -0.1) is 17.0 Å². The molecule has 2 N–H and O–H groups in total. The van der Waals surface area contributed by atoms with Crippen molar-refractivity contribution in [1.29, 1.82) is 0 Å². The second kappa shape index (κ2) is 2.82. The van der Waals surface area contributed by atoms with Gasteiger partial charge < -0.3 is 5.73 Å². The molecule has 3 saturated carbocycles. The summed E-state index contributed by atoms with van der Waals surface area (Å²) in [5, 5.41) is 0. The van der Waals surface area contributed by atoms with E-state index in [2.05, 4.69) is 0 Å². The maximum atomic E-state index is 6.10. The van der Waals surface area contributed by atoms with Crippen LogP contribution in [0.2, 0.25) is 0 Å². The van der Waals surface area contributed by atoms with Gasteiger partial charge in [0.2, 0.25) is 0 Å². The van der Waals surface area contributed by atoms with Crippen molar-refractivity contribution >= 4 is 17.0 Å². The first-order chi connectivity index (χ1) is 4.29. The van der Waals surface area contributed by atoms with E-state index in [1.807, 2.05) is 0 Å². The maximum Gasteiger partial charge on any atom is 0.0154 e. The second-order valence-electron chi connectivity index (χ2n) is 3.84. The maximum absolute atomic E-state index is 6.10. The first-order valence-corrected chi connectivity index (χ1v) is 4.07. The average molecular weight is 206 g/mol. The van der Waals surface area contributed by atoms with Crippen molar-refractivity contribution in [2.24, 2.45) is 11.7 Å². The third-order valence-corrected chi connectivity index (χ3v) is 3.15. The van der Waals surface area contributed by atoms with E-state index in [1.54, 1.807) is 0 Å². The van der Waals surface area contributed by atoms with E-state index >= 15 is 0 Å². The summed E-state index contributed by atoms with van der Waals surface area (Å²) in [6, 6.07) is 0. The lowest BCUT2D eigenvalue weighted by molar-refractivity contribution is 0.141. The lowest BCUT2D eigenvalue weighted by atomic mass is 9.66. The third kappa shape index (κ3) is 1.37. The molecule has 3 fully saturated rings. The molecule has 0 atom stereocenters. The summed E-state index contributed by atoms with van der Waals surface area (Å²) in [6.07, 6.45) is 8.15. The zero-order valence-corrected chi connectivity index (χ0v) is 8.02. The minimum atomic E-state index is 0.